The Morgan fingerprint density at radius 3 is 2.35 bits per heavy atom. The molecular formula is C15H16N2O3. The molecule has 2 rings (SSSR count). The Morgan fingerprint density at radius 2 is 1.80 bits per heavy atom. The minimum Gasteiger partial charge on any atom is -0.481 e. The van der Waals surface area contributed by atoms with Crippen molar-refractivity contribution in [1.29, 1.82) is 0 Å². The van der Waals surface area contributed by atoms with Gasteiger partial charge in [0.1, 0.15) is 0 Å². The molecule has 1 atom stereocenters. The van der Waals surface area contributed by atoms with E-state index in [2.05, 4.69) is 5.32 Å². The monoisotopic (exact) mass is 272 g/mol. The van der Waals surface area contributed by atoms with Crippen molar-refractivity contribution in [2.75, 3.05) is 0 Å². The number of carboxylic acids is 1. The second kappa shape index (κ2) is 6.06. The molecule has 0 bridgehead atoms. The Bertz CT molecular complexity index is 588. The predicted molar refractivity (Wildman–Crippen MR) is 75.0 cm³/mol. The maximum atomic E-state index is 11.9. The van der Waals surface area contributed by atoms with Gasteiger partial charge in [0.05, 0.1) is 6.42 Å². The Labute approximate surface area is 116 Å². The van der Waals surface area contributed by atoms with E-state index in [9.17, 15) is 9.59 Å². The summed E-state index contributed by atoms with van der Waals surface area (Å²) < 4.78 is 1.94. The minimum atomic E-state index is -0.930. The average Bonchev–Trinajstić information content (AvgIpc) is 2.91. The van der Waals surface area contributed by atoms with Crippen LogP contribution in [-0.2, 0) is 4.79 Å². The molecule has 5 nitrogen and oxygen atoms in total. The van der Waals surface area contributed by atoms with Gasteiger partial charge in [0.25, 0.3) is 5.91 Å². The summed E-state index contributed by atoms with van der Waals surface area (Å²) in [5.74, 6) is -1.20. The highest BCUT2D eigenvalue weighted by atomic mass is 16.4. The van der Waals surface area contributed by atoms with E-state index in [1.165, 1.54) is 0 Å². The van der Waals surface area contributed by atoms with Gasteiger partial charge in [0, 0.05) is 29.7 Å². The normalized spacial score (nSPS) is 11.8. The first kappa shape index (κ1) is 13.9. The highest BCUT2D eigenvalue weighted by Crippen LogP contribution is 2.10. The van der Waals surface area contributed by atoms with Crippen molar-refractivity contribution in [1.82, 2.24) is 9.88 Å². The van der Waals surface area contributed by atoms with Crippen molar-refractivity contribution < 1.29 is 14.7 Å². The Hall–Kier alpha value is -2.56. The number of hydrogen-bond acceptors (Lipinski definition) is 2. The van der Waals surface area contributed by atoms with E-state index in [1.54, 1.807) is 19.1 Å². The molecule has 2 aromatic rings. The molecule has 104 valence electrons. The van der Waals surface area contributed by atoms with Crippen LogP contribution in [0.15, 0.2) is 48.8 Å². The standard InChI is InChI=1S/C15H16N2O3/c1-11(10-14(18)19)16-15(20)12-4-6-13(7-5-12)17-8-2-3-9-17/h2-9,11H,10H2,1H3,(H,16,20)(H,18,19). The van der Waals surface area contributed by atoms with Crippen LogP contribution in [0.3, 0.4) is 0 Å². The van der Waals surface area contributed by atoms with Crippen molar-refractivity contribution in [3.05, 3.63) is 54.4 Å². The third kappa shape index (κ3) is 3.47. The van der Waals surface area contributed by atoms with Gasteiger partial charge < -0.3 is 15.0 Å². The topological polar surface area (TPSA) is 71.3 Å². The summed E-state index contributed by atoms with van der Waals surface area (Å²) in [5, 5.41) is 11.3. The van der Waals surface area contributed by atoms with E-state index in [1.807, 2.05) is 41.2 Å². The Morgan fingerprint density at radius 1 is 1.20 bits per heavy atom. The van der Waals surface area contributed by atoms with E-state index in [0.717, 1.165) is 5.69 Å². The lowest BCUT2D eigenvalue weighted by Crippen LogP contribution is -2.34. The van der Waals surface area contributed by atoms with Crippen molar-refractivity contribution >= 4 is 11.9 Å². The van der Waals surface area contributed by atoms with Crippen LogP contribution >= 0.6 is 0 Å². The van der Waals surface area contributed by atoms with Crippen LogP contribution in [0.25, 0.3) is 5.69 Å². The molecule has 0 saturated carbocycles. The Kier molecular flexibility index (Phi) is 4.20. The summed E-state index contributed by atoms with van der Waals surface area (Å²) >= 11 is 0. The zero-order valence-corrected chi connectivity index (χ0v) is 11.1. The number of carbonyl (C=O) groups is 2. The van der Waals surface area contributed by atoms with Gasteiger partial charge in [-0.25, -0.2) is 0 Å². The summed E-state index contributed by atoms with van der Waals surface area (Å²) in [7, 11) is 0. The molecule has 2 N–H and O–H groups in total. The Balaban J connectivity index is 2.02. The quantitative estimate of drug-likeness (QED) is 0.875. The lowest BCUT2D eigenvalue weighted by atomic mass is 10.1. The van der Waals surface area contributed by atoms with Crippen molar-refractivity contribution in [3.8, 4) is 5.69 Å². The van der Waals surface area contributed by atoms with Crippen molar-refractivity contribution in [3.63, 3.8) is 0 Å². The third-order valence-corrected chi connectivity index (χ3v) is 2.89. The van der Waals surface area contributed by atoms with Gasteiger partial charge in [-0.3, -0.25) is 9.59 Å². The molecule has 0 aliphatic rings. The summed E-state index contributed by atoms with van der Waals surface area (Å²) in [6.07, 6.45) is 3.75. The van der Waals surface area contributed by atoms with Crippen LogP contribution in [0.4, 0.5) is 0 Å². The number of carbonyl (C=O) groups excluding carboxylic acids is 1. The smallest absolute Gasteiger partial charge is 0.305 e. The molecular weight excluding hydrogens is 256 g/mol. The van der Waals surface area contributed by atoms with Crippen LogP contribution in [-0.4, -0.2) is 27.6 Å². The lowest BCUT2D eigenvalue weighted by Gasteiger charge is -2.12. The maximum Gasteiger partial charge on any atom is 0.305 e. The van der Waals surface area contributed by atoms with Crippen molar-refractivity contribution in [2.45, 2.75) is 19.4 Å². The zero-order chi connectivity index (χ0) is 14.5. The fourth-order valence-corrected chi connectivity index (χ4v) is 1.91. The largest absolute Gasteiger partial charge is 0.481 e. The molecule has 0 saturated heterocycles. The molecule has 1 amide bonds. The number of carboxylic acid groups (broad SMARTS) is 1. The number of hydrogen-bond donors (Lipinski definition) is 2. The highest BCUT2D eigenvalue weighted by Gasteiger charge is 2.12. The van der Waals surface area contributed by atoms with Crippen LogP contribution in [0, 0.1) is 0 Å². The average molecular weight is 272 g/mol. The van der Waals surface area contributed by atoms with Gasteiger partial charge in [-0.2, -0.15) is 0 Å². The maximum absolute atomic E-state index is 11.9. The summed E-state index contributed by atoms with van der Waals surface area (Å²) in [6.45, 7) is 1.67. The summed E-state index contributed by atoms with van der Waals surface area (Å²) in [5.41, 5.74) is 1.48. The van der Waals surface area contributed by atoms with Crippen LogP contribution in [0.2, 0.25) is 0 Å². The molecule has 0 radical (unpaired) electrons. The van der Waals surface area contributed by atoms with Gasteiger partial charge in [-0.15, -0.1) is 0 Å². The second-order valence-electron chi connectivity index (χ2n) is 4.61. The van der Waals surface area contributed by atoms with E-state index in [4.69, 9.17) is 5.11 Å². The van der Waals surface area contributed by atoms with Crippen LogP contribution < -0.4 is 5.32 Å². The molecule has 0 spiro atoms. The van der Waals surface area contributed by atoms with Gasteiger partial charge in [0.2, 0.25) is 0 Å². The first-order valence-electron chi connectivity index (χ1n) is 6.32. The molecule has 0 aliphatic heterocycles. The van der Waals surface area contributed by atoms with Gasteiger partial charge >= 0.3 is 5.97 Å². The van der Waals surface area contributed by atoms with Gasteiger partial charge in [0.15, 0.2) is 0 Å². The molecule has 0 aliphatic carbocycles. The molecule has 0 fully saturated rings. The molecule has 5 heteroatoms. The van der Waals surface area contributed by atoms with E-state index < -0.39 is 12.0 Å². The first-order valence-corrected chi connectivity index (χ1v) is 6.32. The number of rotatable bonds is 5. The molecule has 1 heterocycles. The fourth-order valence-electron chi connectivity index (χ4n) is 1.91. The fraction of sp³-hybridized carbons (Fsp3) is 0.200. The number of nitrogens with one attached hydrogen (secondary N) is 1. The number of aromatic nitrogens is 1. The zero-order valence-electron chi connectivity index (χ0n) is 11.1. The molecule has 1 aromatic heterocycles. The van der Waals surface area contributed by atoms with E-state index >= 15 is 0 Å². The van der Waals surface area contributed by atoms with E-state index in [-0.39, 0.29) is 12.3 Å². The third-order valence-electron chi connectivity index (χ3n) is 2.89. The number of amides is 1. The number of benzene rings is 1. The SMILES string of the molecule is CC(CC(=O)O)NC(=O)c1ccc(-n2cccc2)cc1. The van der Waals surface area contributed by atoms with Crippen molar-refractivity contribution in [2.24, 2.45) is 0 Å². The van der Waals surface area contributed by atoms with Crippen LogP contribution in [0.5, 0.6) is 0 Å². The minimum absolute atomic E-state index is 0.0901. The number of nitrogens with zero attached hydrogens (tertiary/aromatic N) is 1. The molecule has 20 heavy (non-hydrogen) atoms. The lowest BCUT2D eigenvalue weighted by molar-refractivity contribution is -0.137. The second-order valence-corrected chi connectivity index (χ2v) is 4.61. The highest BCUT2D eigenvalue weighted by molar-refractivity contribution is 5.94. The van der Waals surface area contributed by atoms with Crippen LogP contribution in [0.1, 0.15) is 23.7 Å². The van der Waals surface area contributed by atoms with E-state index in [0.29, 0.717) is 5.56 Å². The van der Waals surface area contributed by atoms with Gasteiger partial charge in [-0.05, 0) is 43.3 Å². The molecule has 1 aromatic carbocycles. The number of aliphatic carboxylic acids is 1. The summed E-state index contributed by atoms with van der Waals surface area (Å²) in [6, 6.07) is 10.6. The predicted octanol–water partition coefficient (Wildman–Crippen LogP) is 2.07. The summed E-state index contributed by atoms with van der Waals surface area (Å²) in [4.78, 5) is 22.5. The molecule has 1 unspecified atom stereocenters. The van der Waals surface area contributed by atoms with Gasteiger partial charge in [-0.1, -0.05) is 0 Å². The first-order chi connectivity index (χ1) is 9.56.